The van der Waals surface area contributed by atoms with Gasteiger partial charge in [-0.25, -0.2) is 4.98 Å². The normalized spacial score (nSPS) is 14.6. The molecule has 4 aliphatic heterocycles. The number of quaternary nitrogens is 4. The molecule has 6 aromatic rings. The molecule has 0 atom stereocenters. The minimum Gasteiger partial charge on any atom is -0.450 e. The van der Waals surface area contributed by atoms with E-state index >= 15 is 16.8 Å². The molecule has 0 spiro atoms. The van der Waals surface area contributed by atoms with Gasteiger partial charge in [-0.05, 0) is 60.7 Å². The molecule has 48 nitrogen and oxygen atoms in total. The molecule has 6 heterocycles. The third-order valence-electron chi connectivity index (χ3n) is 20.0. The number of rotatable bonds is 51. The minimum atomic E-state index is -5.30. The zero-order chi connectivity index (χ0) is 90.5. The SMILES string of the molecule is O=S(=O)(O[N+](CCO)(CCO)CCO)c1cccc(Nc2nc(NCCN=c3ccc4nc5c(Cl)c6c(c(Cl)c5oc-4c3S(=O)(=O)O[N+](CCO)(CCO)CCO)Nc3ccc(NCCNc4nc(Nc5cccc(S(=O)(=O)O[N+](CCO)(CCO)CCO)c5)nc(N5CCOCC5)n4)c(S(=O)(=O)O[N+](CCO)(CCO)CCO)c3O6)nc(N3CCOCC3)n2)c1. The molecule has 0 amide bonds. The lowest BCUT2D eigenvalue weighted by molar-refractivity contribution is -1.08. The van der Waals surface area contributed by atoms with Crippen molar-refractivity contribution in [3.05, 3.63) is 88.2 Å². The van der Waals surface area contributed by atoms with E-state index in [4.69, 9.17) is 63.9 Å². The Morgan fingerprint density at radius 3 is 1.26 bits per heavy atom. The maximum absolute atomic E-state index is 15.3. The van der Waals surface area contributed by atoms with Gasteiger partial charge in [-0.2, -0.15) is 82.2 Å². The van der Waals surface area contributed by atoms with E-state index in [1.165, 1.54) is 72.8 Å². The highest BCUT2D eigenvalue weighted by Gasteiger charge is 2.45. The number of fused-ring (bicyclic) bond motifs is 4. The smallest absolute Gasteiger partial charge is 0.348 e. The molecule has 0 bridgehead atoms. The predicted octanol–water partition coefficient (Wildman–Crippen LogP) is -2.19. The van der Waals surface area contributed by atoms with Crippen LogP contribution in [0.3, 0.4) is 0 Å². The van der Waals surface area contributed by atoms with Crippen molar-refractivity contribution < 1.29 is 149 Å². The van der Waals surface area contributed by atoms with Gasteiger partial charge in [0.25, 0.3) is 0 Å². The van der Waals surface area contributed by atoms with Gasteiger partial charge in [0.1, 0.15) is 115 Å². The Kier molecular flexibility index (Phi) is 34.2. The summed E-state index contributed by atoms with van der Waals surface area (Å²) >= 11 is 14.6. The lowest BCUT2D eigenvalue weighted by atomic mass is 10.1. The lowest BCUT2D eigenvalue weighted by Gasteiger charge is -2.33. The number of hydroxylamine groups is 12. The third-order valence-corrected chi connectivity index (χ3v) is 26.2. The van der Waals surface area contributed by atoms with Crippen LogP contribution in [0.5, 0.6) is 11.5 Å². The molecule has 5 aliphatic rings. The summed E-state index contributed by atoms with van der Waals surface area (Å²) in [7, 11) is -19.8. The van der Waals surface area contributed by atoms with Crippen molar-refractivity contribution in [1.82, 2.24) is 34.9 Å². The molecule has 11 rings (SSSR count). The van der Waals surface area contributed by atoms with Crippen molar-refractivity contribution in [1.29, 1.82) is 0 Å². The number of anilines is 11. The molecule has 1 aliphatic carbocycles. The van der Waals surface area contributed by atoms with Crippen LogP contribution < -0.4 is 51.8 Å². The largest absolute Gasteiger partial charge is 0.450 e. The fourth-order valence-corrected chi connectivity index (χ4v) is 19.9. The van der Waals surface area contributed by atoms with E-state index in [1.54, 1.807) is 4.90 Å². The van der Waals surface area contributed by atoms with Crippen LogP contribution >= 0.6 is 23.2 Å². The number of nitrogens with one attached hydrogen (secondary N) is 6. The first-order valence-electron chi connectivity index (χ1n) is 39.6. The highest BCUT2D eigenvalue weighted by atomic mass is 35.5. The third kappa shape index (κ3) is 23.8. The van der Waals surface area contributed by atoms with E-state index in [-0.39, 0.29) is 167 Å². The Bertz CT molecular complexity index is 5500. The number of halogens is 2. The van der Waals surface area contributed by atoms with E-state index in [1.807, 2.05) is 4.90 Å². The molecule has 0 saturated carbocycles. The second kappa shape index (κ2) is 44.0. The quantitative estimate of drug-likeness (QED) is 0.00833. The second-order valence-electron chi connectivity index (χ2n) is 28.5. The second-order valence-corrected chi connectivity index (χ2v) is 35.2. The number of aliphatic hydroxyl groups excluding tert-OH is 12. The van der Waals surface area contributed by atoms with Gasteiger partial charge in [-0.15, -0.1) is 0 Å². The molecule has 2 fully saturated rings. The molecular weight excluding hydrogens is 1790 g/mol. The van der Waals surface area contributed by atoms with Crippen molar-refractivity contribution in [2.75, 3.05) is 278 Å². The van der Waals surface area contributed by atoms with Crippen LogP contribution in [0.15, 0.2) is 102 Å². The van der Waals surface area contributed by atoms with Crippen LogP contribution in [-0.2, 0) is 67.1 Å². The Morgan fingerprint density at radius 2 is 0.833 bits per heavy atom. The lowest BCUT2D eigenvalue weighted by Crippen LogP contribution is -2.54. The minimum absolute atomic E-state index is 0.0297. The molecule has 0 radical (unpaired) electrons. The van der Waals surface area contributed by atoms with Gasteiger partial charge in [-0.1, -0.05) is 52.5 Å². The number of morpholine rings is 2. The fraction of sp³-hybridized carbons (Fsp3) is 0.500. The Morgan fingerprint density at radius 1 is 0.437 bits per heavy atom. The summed E-state index contributed by atoms with van der Waals surface area (Å²) in [6.07, 6.45) is 0. The number of aromatic nitrogens is 7. The first-order chi connectivity index (χ1) is 60.5. The molecule has 2 saturated heterocycles. The number of hydrogen-bond acceptors (Lipinski definition) is 44. The van der Waals surface area contributed by atoms with Gasteiger partial charge < -0.3 is 122 Å². The monoisotopic (exact) mass is 1890 g/mol. The number of aliphatic hydroxyl groups is 12. The van der Waals surface area contributed by atoms with Crippen molar-refractivity contribution in [3.63, 3.8) is 0 Å². The van der Waals surface area contributed by atoms with E-state index in [0.717, 1.165) is 0 Å². The van der Waals surface area contributed by atoms with Gasteiger partial charge in [0, 0.05) is 57.2 Å². The summed E-state index contributed by atoms with van der Waals surface area (Å²) in [4.78, 5) is 38.4. The van der Waals surface area contributed by atoms with Gasteiger partial charge in [-0.3, -0.25) is 4.99 Å². The summed E-state index contributed by atoms with van der Waals surface area (Å²) in [5.41, 5.74) is -1.15. The standard InChI is InChI=1S/C72H102Cl2N20O28S4/c73-57-60-64(118-62-54(82-60)8-10-56(66(62)126(113,114)122-94(28-40-104,29-41-105)30-42-106)76-12-14-78-68-84-70(88-72(86-68)90-17-45-116-46-18-90)80-50-4-2-6-52(48-50)124(109,110)120-92(22-34-98,23-35-99)24-36-100)58(74)59-63(57)117-61-53(81-59)7-9-55(65(61)125(111,112)121-93(25-37-101,26-38-102)27-39-103)75-11-13-77-67-83-69(87-71(85-67)89-15-43-115-44-16-89)79-49-3-1-5-51(47-49)123(107,108)119-91(19-31-95,20-32-96)21-33-97/h1-10,47-48,75,81,95-106H,11-46H2,(H2,77,79,83,85,87)(H2,78,80,84,86,88)/q+4. The number of nitrogens with zero attached hydrogens (tertiary/aromatic N) is 14. The summed E-state index contributed by atoms with van der Waals surface area (Å²) in [6.45, 7) is -9.79. The highest BCUT2D eigenvalue weighted by molar-refractivity contribution is 7.87. The summed E-state index contributed by atoms with van der Waals surface area (Å²) in [5, 5.41) is 138. The van der Waals surface area contributed by atoms with Crippen LogP contribution in [0.2, 0.25) is 10.0 Å². The Labute approximate surface area is 733 Å². The van der Waals surface area contributed by atoms with Crippen LogP contribution in [0.1, 0.15) is 0 Å². The van der Waals surface area contributed by atoms with Crippen molar-refractivity contribution in [2.45, 2.75) is 19.6 Å². The highest BCUT2D eigenvalue weighted by Crippen LogP contribution is 2.56. The maximum Gasteiger partial charge on any atom is 0.348 e. The van der Waals surface area contributed by atoms with Crippen LogP contribution in [0.4, 0.5) is 64.1 Å². The van der Waals surface area contributed by atoms with Gasteiger partial charge in [0.2, 0.25) is 35.7 Å². The van der Waals surface area contributed by atoms with Gasteiger partial charge in [0.05, 0.1) is 129 Å². The van der Waals surface area contributed by atoms with Gasteiger partial charge in [0.15, 0.2) is 32.6 Å². The molecule has 126 heavy (non-hydrogen) atoms. The van der Waals surface area contributed by atoms with E-state index < -0.39 is 210 Å². The molecule has 4 aromatic carbocycles. The van der Waals surface area contributed by atoms with Crippen LogP contribution in [0, 0.1) is 0 Å². The number of hydrogen-bond donors (Lipinski definition) is 18. The van der Waals surface area contributed by atoms with E-state index in [2.05, 4.69) is 66.8 Å². The summed E-state index contributed by atoms with van der Waals surface area (Å²) in [5.74, 6) is -1.32. The first-order valence-corrected chi connectivity index (χ1v) is 46.0. The molecule has 692 valence electrons. The Balaban J connectivity index is 0.927. The van der Waals surface area contributed by atoms with E-state index in [0.29, 0.717) is 52.6 Å². The molecule has 2 aromatic heterocycles. The van der Waals surface area contributed by atoms with Crippen molar-refractivity contribution in [3.8, 4) is 23.0 Å². The topological polar surface area (TPSA) is 638 Å². The number of benzene rings is 5. The van der Waals surface area contributed by atoms with Crippen molar-refractivity contribution >= 4 is 139 Å². The van der Waals surface area contributed by atoms with Crippen LogP contribution in [-0.4, -0.2) is 385 Å². The first kappa shape index (κ1) is 97.8. The van der Waals surface area contributed by atoms with E-state index in [9.17, 15) is 78.1 Å². The fourth-order valence-electron chi connectivity index (χ4n) is 13.9. The summed E-state index contributed by atoms with van der Waals surface area (Å²) < 4.78 is 160. The average molecular weight is 1890 g/mol. The predicted molar refractivity (Wildman–Crippen MR) is 449 cm³/mol. The zero-order valence-electron chi connectivity index (χ0n) is 67.9. The molecule has 18 N–H and O–H groups in total. The van der Waals surface area contributed by atoms with Gasteiger partial charge >= 0.3 is 40.5 Å². The molecule has 0 unspecified atom stereocenters. The maximum atomic E-state index is 15.3. The average Bonchev–Trinajstić information content (AvgIpc) is 0.719. The molecule has 54 heteroatoms. The summed E-state index contributed by atoms with van der Waals surface area (Å²) in [6, 6.07) is 16.1. The Hall–Kier alpha value is -8.78. The van der Waals surface area contributed by atoms with Crippen molar-refractivity contribution in [2.24, 2.45) is 4.99 Å². The number of ether oxygens (including phenoxy) is 3. The van der Waals surface area contributed by atoms with Crippen LogP contribution in [0.25, 0.3) is 22.6 Å². The molecular formula is C72H102Cl2N20O28S4+4. The zero-order valence-corrected chi connectivity index (χ0v) is 72.7.